The average Bonchev–Trinajstić information content (AvgIpc) is 2.56. The molecule has 0 heterocycles. The van der Waals surface area contributed by atoms with Crippen LogP contribution in [0.4, 0.5) is 0 Å². The Morgan fingerprint density at radius 2 is 1.43 bits per heavy atom. The molecule has 1 fully saturated rings. The number of hydrogen-bond acceptors (Lipinski definition) is 2. The number of benzene rings is 2. The van der Waals surface area contributed by atoms with Crippen LogP contribution in [-0.2, 0) is 6.42 Å². The van der Waals surface area contributed by atoms with E-state index in [1.165, 1.54) is 42.4 Å². The third kappa shape index (κ3) is 3.69. The van der Waals surface area contributed by atoms with Gasteiger partial charge < -0.3 is 10.2 Å². The zero-order chi connectivity index (χ0) is 16.2. The highest BCUT2D eigenvalue weighted by Gasteiger charge is 2.24. The van der Waals surface area contributed by atoms with Crippen LogP contribution < -0.4 is 0 Å². The molecule has 0 saturated heterocycles. The molecule has 0 aliphatic heterocycles. The first-order valence-electron chi connectivity index (χ1n) is 8.78. The van der Waals surface area contributed by atoms with E-state index in [1.807, 2.05) is 12.1 Å². The van der Waals surface area contributed by atoms with Gasteiger partial charge in [0, 0.05) is 0 Å². The predicted octanol–water partition coefficient (Wildman–Crippen LogP) is 5.49. The Morgan fingerprint density at radius 3 is 2.09 bits per heavy atom. The molecule has 3 rings (SSSR count). The summed E-state index contributed by atoms with van der Waals surface area (Å²) in [6, 6.07) is 13.6. The highest BCUT2D eigenvalue weighted by molar-refractivity contribution is 5.38. The average molecular weight is 310 g/mol. The Bertz CT molecular complexity index is 637. The smallest absolute Gasteiger partial charge is 0.115 e. The summed E-state index contributed by atoms with van der Waals surface area (Å²) in [4.78, 5) is 0. The molecule has 0 amide bonds. The Labute approximate surface area is 138 Å². The number of aromatic hydroxyl groups is 2. The number of phenols is 2. The molecule has 0 bridgehead atoms. The fraction of sp³-hybridized carbons (Fsp3) is 0.429. The van der Waals surface area contributed by atoms with Gasteiger partial charge in [-0.15, -0.1) is 0 Å². The molecule has 2 nitrogen and oxygen atoms in total. The molecule has 0 atom stereocenters. The van der Waals surface area contributed by atoms with Crippen LogP contribution in [0.5, 0.6) is 11.5 Å². The minimum absolute atomic E-state index is 0.343. The van der Waals surface area contributed by atoms with Crippen LogP contribution in [0, 0.1) is 0 Å². The minimum Gasteiger partial charge on any atom is -0.508 e. The van der Waals surface area contributed by atoms with Gasteiger partial charge in [0.25, 0.3) is 0 Å². The second-order valence-electron chi connectivity index (χ2n) is 6.77. The van der Waals surface area contributed by atoms with Crippen molar-refractivity contribution < 1.29 is 10.2 Å². The molecule has 0 spiro atoms. The molecular weight excluding hydrogens is 284 g/mol. The molecule has 2 aromatic rings. The van der Waals surface area contributed by atoms with Crippen molar-refractivity contribution in [2.24, 2.45) is 0 Å². The maximum atomic E-state index is 9.76. The fourth-order valence-electron chi connectivity index (χ4n) is 3.96. The molecule has 2 aromatic carbocycles. The third-order valence-corrected chi connectivity index (χ3v) is 5.18. The lowest BCUT2D eigenvalue weighted by Crippen LogP contribution is -2.13. The lowest BCUT2D eigenvalue weighted by Gasteiger charge is -2.30. The lowest BCUT2D eigenvalue weighted by atomic mass is 9.75. The van der Waals surface area contributed by atoms with Gasteiger partial charge in [-0.3, -0.25) is 0 Å². The van der Waals surface area contributed by atoms with Crippen LogP contribution in [0.25, 0.3) is 0 Å². The molecule has 23 heavy (non-hydrogen) atoms. The summed E-state index contributed by atoms with van der Waals surface area (Å²) in [5.41, 5.74) is 4.11. The van der Waals surface area contributed by atoms with E-state index in [2.05, 4.69) is 25.1 Å². The summed E-state index contributed by atoms with van der Waals surface area (Å²) in [5.74, 6) is 1.95. The van der Waals surface area contributed by atoms with Crippen LogP contribution in [0.2, 0.25) is 0 Å². The van der Waals surface area contributed by atoms with Gasteiger partial charge in [-0.05, 0) is 84.9 Å². The standard InChI is InChI=1S/C21H26O2/c1-2-3-18-14-20(23)12-13-21(18)17-6-4-15(5-7-17)16-8-10-19(22)11-9-16/h8-15,17,22-23H,2-7H2,1H3. The summed E-state index contributed by atoms with van der Waals surface area (Å²) >= 11 is 0. The quantitative estimate of drug-likeness (QED) is 0.783. The Morgan fingerprint density at radius 1 is 0.826 bits per heavy atom. The third-order valence-electron chi connectivity index (χ3n) is 5.18. The molecule has 1 aliphatic rings. The summed E-state index contributed by atoms with van der Waals surface area (Å²) in [6.07, 6.45) is 6.95. The van der Waals surface area contributed by atoms with Gasteiger partial charge in [-0.1, -0.05) is 31.5 Å². The maximum Gasteiger partial charge on any atom is 0.115 e. The van der Waals surface area contributed by atoms with Gasteiger partial charge in [-0.2, -0.15) is 0 Å². The fourth-order valence-corrected chi connectivity index (χ4v) is 3.96. The first-order valence-corrected chi connectivity index (χ1v) is 8.78. The van der Waals surface area contributed by atoms with E-state index in [0.29, 0.717) is 23.3 Å². The van der Waals surface area contributed by atoms with E-state index >= 15 is 0 Å². The summed E-state index contributed by atoms with van der Waals surface area (Å²) in [5, 5.41) is 19.2. The Kier molecular flexibility index (Phi) is 4.90. The number of aryl methyl sites for hydroxylation is 1. The molecule has 0 unspecified atom stereocenters. The SMILES string of the molecule is CCCc1cc(O)ccc1C1CCC(c2ccc(O)cc2)CC1. The number of rotatable bonds is 4. The molecule has 2 N–H and O–H groups in total. The van der Waals surface area contributed by atoms with Crippen LogP contribution >= 0.6 is 0 Å². The van der Waals surface area contributed by atoms with Crippen molar-refractivity contribution in [2.75, 3.05) is 0 Å². The molecule has 0 aromatic heterocycles. The van der Waals surface area contributed by atoms with Crippen molar-refractivity contribution >= 4 is 0 Å². The van der Waals surface area contributed by atoms with Crippen LogP contribution in [0.3, 0.4) is 0 Å². The molecule has 1 saturated carbocycles. The molecule has 0 radical (unpaired) electrons. The van der Waals surface area contributed by atoms with Gasteiger partial charge in [0.1, 0.15) is 11.5 Å². The Hall–Kier alpha value is -1.96. The minimum atomic E-state index is 0.343. The van der Waals surface area contributed by atoms with Crippen molar-refractivity contribution in [3.8, 4) is 11.5 Å². The highest BCUT2D eigenvalue weighted by atomic mass is 16.3. The topological polar surface area (TPSA) is 40.5 Å². The van der Waals surface area contributed by atoms with Crippen molar-refractivity contribution in [2.45, 2.75) is 57.3 Å². The van der Waals surface area contributed by atoms with Crippen molar-refractivity contribution in [3.63, 3.8) is 0 Å². The van der Waals surface area contributed by atoms with E-state index in [-0.39, 0.29) is 0 Å². The van der Waals surface area contributed by atoms with Gasteiger partial charge in [0.2, 0.25) is 0 Å². The number of hydrogen-bond donors (Lipinski definition) is 2. The van der Waals surface area contributed by atoms with Crippen molar-refractivity contribution in [3.05, 3.63) is 59.2 Å². The summed E-state index contributed by atoms with van der Waals surface area (Å²) < 4.78 is 0. The number of phenolic OH excluding ortho intramolecular Hbond substituents is 2. The second kappa shape index (κ2) is 7.08. The summed E-state index contributed by atoms with van der Waals surface area (Å²) in [6.45, 7) is 2.19. The highest BCUT2D eigenvalue weighted by Crippen LogP contribution is 2.42. The largest absolute Gasteiger partial charge is 0.508 e. The van der Waals surface area contributed by atoms with E-state index in [0.717, 1.165) is 12.8 Å². The summed E-state index contributed by atoms with van der Waals surface area (Å²) in [7, 11) is 0. The van der Waals surface area contributed by atoms with Crippen LogP contribution in [0.1, 0.15) is 67.6 Å². The predicted molar refractivity (Wildman–Crippen MR) is 94.2 cm³/mol. The maximum absolute atomic E-state index is 9.76. The molecule has 122 valence electrons. The van der Waals surface area contributed by atoms with E-state index in [4.69, 9.17) is 0 Å². The van der Waals surface area contributed by atoms with Gasteiger partial charge in [0.15, 0.2) is 0 Å². The Balaban J connectivity index is 1.70. The zero-order valence-electron chi connectivity index (χ0n) is 13.8. The first-order chi connectivity index (χ1) is 11.2. The van der Waals surface area contributed by atoms with Crippen LogP contribution in [0.15, 0.2) is 42.5 Å². The van der Waals surface area contributed by atoms with E-state index in [1.54, 1.807) is 12.1 Å². The van der Waals surface area contributed by atoms with Crippen molar-refractivity contribution in [1.82, 2.24) is 0 Å². The molecule has 1 aliphatic carbocycles. The van der Waals surface area contributed by atoms with Crippen molar-refractivity contribution in [1.29, 1.82) is 0 Å². The zero-order valence-corrected chi connectivity index (χ0v) is 13.8. The van der Waals surface area contributed by atoms with Gasteiger partial charge in [0.05, 0.1) is 0 Å². The van der Waals surface area contributed by atoms with Gasteiger partial charge in [-0.25, -0.2) is 0 Å². The first kappa shape index (κ1) is 15.9. The molecular formula is C21H26O2. The second-order valence-corrected chi connectivity index (χ2v) is 6.77. The monoisotopic (exact) mass is 310 g/mol. The normalized spacial score (nSPS) is 21.3. The molecule has 2 heteroatoms. The van der Waals surface area contributed by atoms with E-state index in [9.17, 15) is 10.2 Å². The lowest BCUT2D eigenvalue weighted by molar-refractivity contribution is 0.393. The van der Waals surface area contributed by atoms with Gasteiger partial charge >= 0.3 is 0 Å². The van der Waals surface area contributed by atoms with Crippen LogP contribution in [-0.4, -0.2) is 10.2 Å². The van der Waals surface area contributed by atoms with E-state index < -0.39 is 0 Å².